The fourth-order valence-electron chi connectivity index (χ4n) is 2.24. The van der Waals surface area contributed by atoms with Crippen LogP contribution in [-0.2, 0) is 16.1 Å². The Labute approximate surface area is 137 Å². The molecule has 0 fully saturated rings. The Hall–Kier alpha value is -2.19. The Bertz CT molecular complexity index is 570. The Balaban J connectivity index is 2.74. The molecule has 0 aliphatic carbocycles. The van der Waals surface area contributed by atoms with Crippen LogP contribution in [0, 0.1) is 11.3 Å². The molecule has 0 aromatic heterocycles. The highest BCUT2D eigenvalue weighted by Crippen LogP contribution is 2.19. The van der Waals surface area contributed by atoms with E-state index in [4.69, 9.17) is 5.26 Å². The van der Waals surface area contributed by atoms with Gasteiger partial charge in [0.15, 0.2) is 0 Å². The van der Waals surface area contributed by atoms with E-state index in [0.717, 1.165) is 5.56 Å². The molecule has 5 heteroatoms. The molecular weight excluding hydrogens is 292 g/mol. The fourth-order valence-corrected chi connectivity index (χ4v) is 2.24. The number of nitriles is 1. The maximum atomic E-state index is 12.5. The van der Waals surface area contributed by atoms with Crippen LogP contribution >= 0.6 is 0 Å². The number of aliphatic hydroxyl groups is 1. The quantitative estimate of drug-likeness (QED) is 0.783. The van der Waals surface area contributed by atoms with Crippen molar-refractivity contribution in [3.8, 4) is 6.07 Å². The van der Waals surface area contributed by atoms with E-state index in [1.54, 1.807) is 4.90 Å². The second-order valence-electron chi connectivity index (χ2n) is 6.57. The second-order valence-corrected chi connectivity index (χ2v) is 6.57. The van der Waals surface area contributed by atoms with Crippen LogP contribution < -0.4 is 0 Å². The van der Waals surface area contributed by atoms with Crippen molar-refractivity contribution < 1.29 is 14.7 Å². The van der Waals surface area contributed by atoms with Gasteiger partial charge in [0.2, 0.25) is 5.91 Å². The Morgan fingerprint density at radius 3 is 2.39 bits per heavy atom. The summed E-state index contributed by atoms with van der Waals surface area (Å²) >= 11 is 0. The fraction of sp³-hybridized carbons (Fsp3) is 0.500. The third-order valence-electron chi connectivity index (χ3n) is 3.43. The molecule has 0 bridgehead atoms. The molecular formula is C18H24N2O3. The first-order chi connectivity index (χ1) is 10.7. The van der Waals surface area contributed by atoms with E-state index in [0.29, 0.717) is 6.54 Å². The normalized spacial score (nSPS) is 12.3. The molecule has 0 aliphatic heterocycles. The van der Waals surface area contributed by atoms with Crippen LogP contribution in [0.1, 0.15) is 45.6 Å². The monoisotopic (exact) mass is 316 g/mol. The first-order valence-corrected chi connectivity index (χ1v) is 7.65. The zero-order valence-electron chi connectivity index (χ0n) is 14.0. The average molecular weight is 316 g/mol. The first kappa shape index (κ1) is 18.9. The number of rotatable bonds is 7. The van der Waals surface area contributed by atoms with Gasteiger partial charge < -0.3 is 10.0 Å². The molecule has 1 unspecified atom stereocenters. The van der Waals surface area contributed by atoms with Gasteiger partial charge in [-0.3, -0.25) is 9.59 Å². The van der Waals surface area contributed by atoms with Crippen LogP contribution in [-0.4, -0.2) is 33.3 Å². The van der Waals surface area contributed by atoms with Crippen molar-refractivity contribution in [2.75, 3.05) is 0 Å². The summed E-state index contributed by atoms with van der Waals surface area (Å²) in [4.78, 5) is 26.1. The number of aliphatic hydroxyl groups excluding tert-OH is 1. The SMILES string of the molecule is CC(C)(C)N(Cc1ccccc1)C(=O)CC(=O)CC(O)CC#N. The van der Waals surface area contributed by atoms with Crippen molar-refractivity contribution in [3.05, 3.63) is 35.9 Å². The van der Waals surface area contributed by atoms with Gasteiger partial charge >= 0.3 is 0 Å². The minimum Gasteiger partial charge on any atom is -0.392 e. The summed E-state index contributed by atoms with van der Waals surface area (Å²) in [5, 5.41) is 18.0. The number of Topliss-reactive ketones (excluding diaryl/α,β-unsaturated/α-hetero) is 1. The zero-order valence-corrected chi connectivity index (χ0v) is 14.0. The molecule has 1 aromatic carbocycles. The van der Waals surface area contributed by atoms with Crippen LogP contribution in [0.4, 0.5) is 0 Å². The molecule has 1 atom stereocenters. The lowest BCUT2D eigenvalue weighted by Gasteiger charge is -2.36. The van der Waals surface area contributed by atoms with Crippen molar-refractivity contribution >= 4 is 11.7 Å². The lowest BCUT2D eigenvalue weighted by atomic mass is 10.0. The van der Waals surface area contributed by atoms with Crippen LogP contribution in [0.2, 0.25) is 0 Å². The average Bonchev–Trinajstić information content (AvgIpc) is 2.44. The topological polar surface area (TPSA) is 81.4 Å². The molecule has 0 saturated heterocycles. The lowest BCUT2D eigenvalue weighted by molar-refractivity contribution is -0.140. The van der Waals surface area contributed by atoms with Gasteiger partial charge in [0, 0.05) is 18.5 Å². The number of amides is 1. The third kappa shape index (κ3) is 6.62. The van der Waals surface area contributed by atoms with Crippen molar-refractivity contribution in [2.45, 2.75) is 58.2 Å². The molecule has 0 saturated carbocycles. The van der Waals surface area contributed by atoms with Gasteiger partial charge in [0.25, 0.3) is 0 Å². The standard InChI is InChI=1S/C18H24N2O3/c1-18(2,3)20(13-14-7-5-4-6-8-14)17(23)12-16(22)11-15(21)9-10-19/h4-8,15,21H,9,11-13H2,1-3H3. The Kier molecular flexibility index (Phi) is 6.92. The largest absolute Gasteiger partial charge is 0.392 e. The summed E-state index contributed by atoms with van der Waals surface area (Å²) in [6.45, 7) is 6.19. The lowest BCUT2D eigenvalue weighted by Crippen LogP contribution is -2.45. The predicted octanol–water partition coefficient (Wildman–Crippen LogP) is 2.44. The minimum absolute atomic E-state index is 0.104. The zero-order chi connectivity index (χ0) is 17.5. The Morgan fingerprint density at radius 2 is 1.87 bits per heavy atom. The van der Waals surface area contributed by atoms with E-state index in [1.165, 1.54) is 0 Å². The number of carbonyl (C=O) groups excluding carboxylic acids is 2. The maximum Gasteiger partial charge on any atom is 0.230 e. The van der Waals surface area contributed by atoms with Crippen LogP contribution in [0.25, 0.3) is 0 Å². The molecule has 1 N–H and O–H groups in total. The number of carbonyl (C=O) groups is 2. The highest BCUT2D eigenvalue weighted by molar-refractivity contribution is 5.98. The number of ketones is 1. The summed E-state index contributed by atoms with van der Waals surface area (Å²) in [6.07, 6.45) is -1.53. The molecule has 0 spiro atoms. The number of nitrogens with zero attached hydrogens (tertiary/aromatic N) is 2. The molecule has 124 valence electrons. The van der Waals surface area contributed by atoms with E-state index < -0.39 is 11.6 Å². The second kappa shape index (κ2) is 8.44. The van der Waals surface area contributed by atoms with E-state index >= 15 is 0 Å². The van der Waals surface area contributed by atoms with Gasteiger partial charge in [-0.2, -0.15) is 5.26 Å². The van der Waals surface area contributed by atoms with Crippen LogP contribution in [0.3, 0.4) is 0 Å². The van der Waals surface area contributed by atoms with E-state index in [-0.39, 0.29) is 31.0 Å². The summed E-state index contributed by atoms with van der Waals surface area (Å²) in [7, 11) is 0. The van der Waals surface area contributed by atoms with Crippen LogP contribution in [0.5, 0.6) is 0 Å². The van der Waals surface area contributed by atoms with Gasteiger partial charge in [-0.25, -0.2) is 0 Å². The molecule has 1 rings (SSSR count). The summed E-state index contributed by atoms with van der Waals surface area (Å²) in [6, 6.07) is 11.4. The van der Waals surface area contributed by atoms with E-state index in [9.17, 15) is 14.7 Å². The number of hydrogen-bond acceptors (Lipinski definition) is 4. The van der Waals surface area contributed by atoms with Gasteiger partial charge in [-0.05, 0) is 26.3 Å². The smallest absolute Gasteiger partial charge is 0.230 e. The van der Waals surface area contributed by atoms with E-state index in [1.807, 2.05) is 57.2 Å². The van der Waals surface area contributed by atoms with Gasteiger partial charge in [0.05, 0.1) is 25.0 Å². The molecule has 0 aliphatic rings. The van der Waals surface area contributed by atoms with Crippen molar-refractivity contribution in [1.29, 1.82) is 5.26 Å². The first-order valence-electron chi connectivity index (χ1n) is 7.65. The number of benzene rings is 1. The molecule has 5 nitrogen and oxygen atoms in total. The summed E-state index contributed by atoms with van der Waals surface area (Å²) < 4.78 is 0. The highest BCUT2D eigenvalue weighted by atomic mass is 16.3. The number of hydrogen-bond donors (Lipinski definition) is 1. The third-order valence-corrected chi connectivity index (χ3v) is 3.43. The van der Waals surface area contributed by atoms with Crippen LogP contribution in [0.15, 0.2) is 30.3 Å². The summed E-state index contributed by atoms with van der Waals surface area (Å²) in [5.41, 5.74) is 0.575. The molecule has 0 radical (unpaired) electrons. The molecule has 1 amide bonds. The summed E-state index contributed by atoms with van der Waals surface area (Å²) in [5.74, 6) is -0.615. The van der Waals surface area contributed by atoms with Gasteiger partial charge in [-0.15, -0.1) is 0 Å². The predicted molar refractivity (Wildman–Crippen MR) is 87.2 cm³/mol. The molecule has 0 heterocycles. The van der Waals surface area contributed by atoms with Crippen molar-refractivity contribution in [2.24, 2.45) is 0 Å². The van der Waals surface area contributed by atoms with Crippen molar-refractivity contribution in [3.63, 3.8) is 0 Å². The van der Waals surface area contributed by atoms with E-state index in [2.05, 4.69) is 0 Å². The van der Waals surface area contributed by atoms with Gasteiger partial charge in [0.1, 0.15) is 5.78 Å². The molecule has 1 aromatic rings. The Morgan fingerprint density at radius 1 is 1.26 bits per heavy atom. The highest BCUT2D eigenvalue weighted by Gasteiger charge is 2.28. The van der Waals surface area contributed by atoms with Crippen molar-refractivity contribution in [1.82, 2.24) is 4.90 Å². The molecule has 23 heavy (non-hydrogen) atoms. The maximum absolute atomic E-state index is 12.5. The minimum atomic E-state index is -1.00. The van der Waals surface area contributed by atoms with Gasteiger partial charge in [-0.1, -0.05) is 30.3 Å².